The van der Waals surface area contributed by atoms with Gasteiger partial charge in [-0.2, -0.15) is 0 Å². The van der Waals surface area contributed by atoms with Gasteiger partial charge in [0.25, 0.3) is 0 Å². The van der Waals surface area contributed by atoms with Crippen molar-refractivity contribution in [1.29, 1.82) is 0 Å². The molecule has 32 heavy (non-hydrogen) atoms. The Balaban J connectivity index is 1.40. The predicted octanol–water partition coefficient (Wildman–Crippen LogP) is 5.00. The number of rotatable bonds is 4. The Morgan fingerprint density at radius 2 is 1.38 bits per heavy atom. The van der Waals surface area contributed by atoms with Gasteiger partial charge in [-0.15, -0.1) is 0 Å². The highest BCUT2D eigenvalue weighted by Gasteiger charge is 2.31. The van der Waals surface area contributed by atoms with E-state index < -0.39 is 34.8 Å². The SMILES string of the molecule is O=C(/C=C/c1ccc(-c2ccccc2)o1)N1CCN(c2c(F)c(F)c(F)c(F)c2F)CC1. The second kappa shape index (κ2) is 8.86. The van der Waals surface area contributed by atoms with Gasteiger partial charge in [0.15, 0.2) is 23.3 Å². The number of carbonyl (C=O) groups excluding carboxylic acids is 1. The van der Waals surface area contributed by atoms with Crippen LogP contribution in [0.25, 0.3) is 17.4 Å². The lowest BCUT2D eigenvalue weighted by atomic mass is 10.2. The van der Waals surface area contributed by atoms with Crippen LogP contribution in [0, 0.1) is 29.1 Å². The number of carbonyl (C=O) groups is 1. The summed E-state index contributed by atoms with van der Waals surface area (Å²) in [5.74, 6) is -9.19. The molecule has 2 heterocycles. The minimum Gasteiger partial charge on any atom is -0.457 e. The normalized spacial score (nSPS) is 14.4. The van der Waals surface area contributed by atoms with Gasteiger partial charge < -0.3 is 14.2 Å². The number of nitrogens with zero attached hydrogens (tertiary/aromatic N) is 2. The van der Waals surface area contributed by atoms with Crippen molar-refractivity contribution in [3.63, 3.8) is 0 Å². The molecule has 3 aromatic rings. The molecule has 166 valence electrons. The zero-order valence-corrected chi connectivity index (χ0v) is 16.6. The number of piperazine rings is 1. The van der Waals surface area contributed by atoms with Crippen molar-refractivity contribution in [3.8, 4) is 11.3 Å². The Bertz CT molecular complexity index is 1140. The van der Waals surface area contributed by atoms with Crippen LogP contribution in [-0.4, -0.2) is 37.0 Å². The van der Waals surface area contributed by atoms with Crippen LogP contribution >= 0.6 is 0 Å². The maximum Gasteiger partial charge on any atom is 0.246 e. The Labute approximate surface area is 180 Å². The van der Waals surface area contributed by atoms with E-state index in [2.05, 4.69) is 0 Å². The first-order valence-electron chi connectivity index (χ1n) is 9.75. The summed E-state index contributed by atoms with van der Waals surface area (Å²) in [5, 5.41) is 0. The highest BCUT2D eigenvalue weighted by atomic mass is 19.2. The van der Waals surface area contributed by atoms with Crippen LogP contribution in [0.2, 0.25) is 0 Å². The molecule has 0 spiro atoms. The molecule has 1 saturated heterocycles. The molecule has 4 nitrogen and oxygen atoms in total. The van der Waals surface area contributed by atoms with Crippen molar-refractivity contribution >= 4 is 17.7 Å². The van der Waals surface area contributed by atoms with E-state index in [-0.39, 0.29) is 32.1 Å². The molecular weight excluding hydrogens is 431 g/mol. The van der Waals surface area contributed by atoms with E-state index in [0.717, 1.165) is 10.5 Å². The molecule has 0 atom stereocenters. The smallest absolute Gasteiger partial charge is 0.246 e. The van der Waals surface area contributed by atoms with Crippen molar-refractivity contribution in [2.24, 2.45) is 0 Å². The van der Waals surface area contributed by atoms with Crippen LogP contribution in [-0.2, 0) is 4.79 Å². The summed E-state index contributed by atoms with van der Waals surface area (Å²) in [4.78, 5) is 14.9. The molecule has 9 heteroatoms. The van der Waals surface area contributed by atoms with E-state index >= 15 is 0 Å². The van der Waals surface area contributed by atoms with E-state index in [4.69, 9.17) is 4.42 Å². The Morgan fingerprint density at radius 1 is 0.781 bits per heavy atom. The lowest BCUT2D eigenvalue weighted by Gasteiger charge is -2.36. The van der Waals surface area contributed by atoms with Gasteiger partial charge in [0.05, 0.1) is 0 Å². The number of furan rings is 1. The number of amides is 1. The van der Waals surface area contributed by atoms with E-state index in [1.165, 1.54) is 17.1 Å². The molecule has 4 rings (SSSR count). The molecule has 1 amide bonds. The summed E-state index contributed by atoms with van der Waals surface area (Å²) >= 11 is 0. The molecule has 0 saturated carbocycles. The van der Waals surface area contributed by atoms with Crippen LogP contribution in [0.1, 0.15) is 5.76 Å². The van der Waals surface area contributed by atoms with Gasteiger partial charge in [-0.3, -0.25) is 4.79 Å². The van der Waals surface area contributed by atoms with Gasteiger partial charge in [-0.1, -0.05) is 30.3 Å². The Hall–Kier alpha value is -3.62. The largest absolute Gasteiger partial charge is 0.457 e. The lowest BCUT2D eigenvalue weighted by Crippen LogP contribution is -2.49. The molecule has 0 bridgehead atoms. The van der Waals surface area contributed by atoms with Crippen molar-refractivity contribution in [2.45, 2.75) is 0 Å². The first-order valence-corrected chi connectivity index (χ1v) is 9.75. The van der Waals surface area contributed by atoms with Gasteiger partial charge in [-0.25, -0.2) is 22.0 Å². The fourth-order valence-electron chi connectivity index (χ4n) is 3.48. The van der Waals surface area contributed by atoms with Crippen molar-refractivity contribution in [1.82, 2.24) is 4.90 Å². The third-order valence-electron chi connectivity index (χ3n) is 5.17. The maximum atomic E-state index is 14.0. The van der Waals surface area contributed by atoms with E-state index in [0.29, 0.717) is 11.5 Å². The molecule has 0 radical (unpaired) electrons. The topological polar surface area (TPSA) is 36.7 Å². The van der Waals surface area contributed by atoms with Crippen LogP contribution in [0.3, 0.4) is 0 Å². The molecule has 1 fully saturated rings. The zero-order chi connectivity index (χ0) is 22.8. The number of hydrogen-bond acceptors (Lipinski definition) is 3. The lowest BCUT2D eigenvalue weighted by molar-refractivity contribution is -0.126. The van der Waals surface area contributed by atoms with Gasteiger partial charge in [0, 0.05) is 37.8 Å². The van der Waals surface area contributed by atoms with Crippen LogP contribution in [0.5, 0.6) is 0 Å². The monoisotopic (exact) mass is 448 g/mol. The third-order valence-corrected chi connectivity index (χ3v) is 5.17. The minimum atomic E-state index is -2.20. The summed E-state index contributed by atoms with van der Waals surface area (Å²) in [6.45, 7) is -0.0696. The quantitative estimate of drug-likeness (QED) is 0.244. The van der Waals surface area contributed by atoms with Crippen molar-refractivity contribution in [3.05, 3.63) is 83.4 Å². The maximum absolute atomic E-state index is 14.0. The van der Waals surface area contributed by atoms with Crippen LogP contribution < -0.4 is 4.90 Å². The van der Waals surface area contributed by atoms with E-state index in [1.54, 1.807) is 12.1 Å². The summed E-state index contributed by atoms with van der Waals surface area (Å²) in [6, 6.07) is 12.9. The molecule has 0 unspecified atom stereocenters. The summed E-state index contributed by atoms with van der Waals surface area (Å²) in [6.07, 6.45) is 2.81. The number of hydrogen-bond donors (Lipinski definition) is 0. The highest BCUT2D eigenvalue weighted by Crippen LogP contribution is 2.31. The van der Waals surface area contributed by atoms with Crippen molar-refractivity contribution in [2.75, 3.05) is 31.1 Å². The van der Waals surface area contributed by atoms with Crippen LogP contribution in [0.15, 0.2) is 53.0 Å². The molecule has 1 aromatic heterocycles. The predicted molar refractivity (Wildman–Crippen MR) is 108 cm³/mol. The van der Waals surface area contributed by atoms with E-state index in [1.807, 2.05) is 30.3 Å². The van der Waals surface area contributed by atoms with Crippen LogP contribution in [0.4, 0.5) is 27.6 Å². The second-order valence-electron chi connectivity index (χ2n) is 7.13. The van der Waals surface area contributed by atoms with E-state index in [9.17, 15) is 26.7 Å². The molecular formula is C23H17F5N2O2. The summed E-state index contributed by atoms with van der Waals surface area (Å²) in [5.41, 5.74) is -0.0872. The zero-order valence-electron chi connectivity index (χ0n) is 16.6. The third kappa shape index (κ3) is 4.10. The fraction of sp³-hybridized carbons (Fsp3) is 0.174. The molecule has 0 N–H and O–H groups in total. The minimum absolute atomic E-state index is 0.0517. The molecule has 2 aromatic carbocycles. The standard InChI is InChI=1S/C23H17F5N2O2/c24-18-19(25)21(27)23(22(28)20(18)26)30-12-10-29(11-13-30)17(31)9-7-15-6-8-16(32-15)14-4-2-1-3-5-14/h1-9H,10-13H2/b9-7+. The first kappa shape index (κ1) is 21.6. The number of benzene rings is 2. The molecule has 1 aliphatic rings. The van der Waals surface area contributed by atoms with Crippen molar-refractivity contribution < 1.29 is 31.2 Å². The molecule has 1 aliphatic heterocycles. The molecule has 0 aliphatic carbocycles. The van der Waals surface area contributed by atoms with Gasteiger partial charge >= 0.3 is 0 Å². The van der Waals surface area contributed by atoms with Gasteiger partial charge in [-0.05, 0) is 18.2 Å². The first-order chi connectivity index (χ1) is 15.4. The van der Waals surface area contributed by atoms with Gasteiger partial charge in [0.2, 0.25) is 11.7 Å². The average Bonchev–Trinajstić information content (AvgIpc) is 3.30. The summed E-state index contributed by atoms with van der Waals surface area (Å²) in [7, 11) is 0. The number of anilines is 1. The Kier molecular flexibility index (Phi) is 5.98. The fourth-order valence-corrected chi connectivity index (χ4v) is 3.48. The summed E-state index contributed by atoms with van der Waals surface area (Å²) < 4.78 is 73.9. The highest BCUT2D eigenvalue weighted by molar-refractivity contribution is 5.91. The average molecular weight is 448 g/mol. The Morgan fingerprint density at radius 3 is 2.00 bits per heavy atom. The number of halogens is 5. The van der Waals surface area contributed by atoms with Gasteiger partial charge in [0.1, 0.15) is 17.2 Å². The second-order valence-corrected chi connectivity index (χ2v) is 7.13.